The minimum Gasteiger partial charge on any atom is -0.478 e. The molecule has 1 fully saturated rings. The van der Waals surface area contributed by atoms with Crippen LogP contribution < -0.4 is 0 Å². The fourth-order valence-electron chi connectivity index (χ4n) is 1.80. The molecule has 1 aliphatic rings. The van der Waals surface area contributed by atoms with Crippen molar-refractivity contribution in [1.29, 1.82) is 0 Å². The zero-order chi connectivity index (χ0) is 11.8. The lowest BCUT2D eigenvalue weighted by Gasteiger charge is -1.96. The quantitative estimate of drug-likeness (QED) is 0.876. The third kappa shape index (κ3) is 2.08. The maximum atomic E-state index is 10.7. The van der Waals surface area contributed by atoms with E-state index in [1.54, 1.807) is 4.68 Å². The molecule has 0 radical (unpaired) electrons. The second kappa shape index (κ2) is 3.76. The summed E-state index contributed by atoms with van der Waals surface area (Å²) in [5, 5.41) is 13.2. The van der Waals surface area contributed by atoms with Gasteiger partial charge in [0.15, 0.2) is 0 Å². The molecule has 0 saturated heterocycles. The number of carbonyl (C=O) groups is 1. The van der Waals surface area contributed by atoms with Crippen molar-refractivity contribution in [3.05, 3.63) is 41.6 Å². The molecule has 0 spiro atoms. The average Bonchev–Trinajstić information content (AvgIpc) is 2.87. The number of carboxylic acids is 1. The van der Waals surface area contributed by atoms with Crippen LogP contribution in [-0.4, -0.2) is 20.9 Å². The standard InChI is InChI=1S/C12H12N2O3/c15-12(16)9-5-10(17-7-9)6-14-4-3-11(13-14)8-1-2-8/h3-5,7-8H,1-2,6H2,(H,15,16). The maximum absolute atomic E-state index is 10.7. The van der Waals surface area contributed by atoms with Gasteiger partial charge in [-0.25, -0.2) is 4.79 Å². The normalized spacial score (nSPS) is 15.1. The lowest BCUT2D eigenvalue weighted by atomic mass is 10.3. The minimum absolute atomic E-state index is 0.176. The summed E-state index contributed by atoms with van der Waals surface area (Å²) in [6.07, 6.45) is 5.60. The van der Waals surface area contributed by atoms with Crippen molar-refractivity contribution in [1.82, 2.24) is 9.78 Å². The highest BCUT2D eigenvalue weighted by molar-refractivity contribution is 5.87. The molecule has 1 N–H and O–H groups in total. The van der Waals surface area contributed by atoms with E-state index in [9.17, 15) is 4.79 Å². The van der Waals surface area contributed by atoms with Crippen LogP contribution in [0.5, 0.6) is 0 Å². The zero-order valence-electron chi connectivity index (χ0n) is 9.17. The Hall–Kier alpha value is -2.04. The summed E-state index contributed by atoms with van der Waals surface area (Å²) < 4.78 is 6.95. The summed E-state index contributed by atoms with van der Waals surface area (Å²) in [7, 11) is 0. The number of furan rings is 1. The smallest absolute Gasteiger partial charge is 0.338 e. The number of hydrogen-bond donors (Lipinski definition) is 1. The number of carboxylic acid groups (broad SMARTS) is 1. The Labute approximate surface area is 97.7 Å². The van der Waals surface area contributed by atoms with Gasteiger partial charge in [-0.15, -0.1) is 0 Å². The number of aromatic nitrogens is 2. The zero-order valence-corrected chi connectivity index (χ0v) is 9.17. The lowest BCUT2D eigenvalue weighted by Crippen LogP contribution is -2.00. The molecule has 2 heterocycles. The summed E-state index contributed by atoms with van der Waals surface area (Å²) in [6.45, 7) is 0.472. The molecule has 3 rings (SSSR count). The number of nitrogens with zero attached hydrogens (tertiary/aromatic N) is 2. The highest BCUT2D eigenvalue weighted by Gasteiger charge is 2.25. The summed E-state index contributed by atoms with van der Waals surface area (Å²) in [6, 6.07) is 3.54. The van der Waals surface area contributed by atoms with Crippen LogP contribution in [0.25, 0.3) is 0 Å². The van der Waals surface area contributed by atoms with Crippen molar-refractivity contribution in [2.24, 2.45) is 0 Å². The van der Waals surface area contributed by atoms with Gasteiger partial charge in [0.25, 0.3) is 0 Å². The lowest BCUT2D eigenvalue weighted by molar-refractivity contribution is 0.0696. The predicted octanol–water partition coefficient (Wildman–Crippen LogP) is 2.10. The molecule has 1 aliphatic carbocycles. The molecule has 0 unspecified atom stereocenters. The van der Waals surface area contributed by atoms with E-state index in [-0.39, 0.29) is 5.56 Å². The first-order valence-electron chi connectivity index (χ1n) is 5.56. The number of hydrogen-bond acceptors (Lipinski definition) is 3. The SMILES string of the molecule is O=C(O)c1coc(Cn2ccc(C3CC3)n2)c1. The molecule has 5 nitrogen and oxygen atoms in total. The Bertz CT molecular complexity index is 552. The van der Waals surface area contributed by atoms with Gasteiger partial charge >= 0.3 is 5.97 Å². The number of rotatable bonds is 4. The van der Waals surface area contributed by atoms with E-state index in [0.29, 0.717) is 18.2 Å². The van der Waals surface area contributed by atoms with Gasteiger partial charge in [0.1, 0.15) is 12.0 Å². The molecule has 0 aliphatic heterocycles. The largest absolute Gasteiger partial charge is 0.478 e. The summed E-state index contributed by atoms with van der Waals surface area (Å²) >= 11 is 0. The molecule has 88 valence electrons. The molecule has 2 aromatic heterocycles. The van der Waals surface area contributed by atoms with E-state index in [4.69, 9.17) is 9.52 Å². The van der Waals surface area contributed by atoms with Gasteiger partial charge in [0.05, 0.1) is 17.8 Å². The molecule has 0 bridgehead atoms. The highest BCUT2D eigenvalue weighted by atomic mass is 16.4. The van der Waals surface area contributed by atoms with Crippen molar-refractivity contribution in [3.63, 3.8) is 0 Å². The topological polar surface area (TPSA) is 68.3 Å². The van der Waals surface area contributed by atoms with Crippen LogP contribution in [0.4, 0.5) is 0 Å². The average molecular weight is 232 g/mol. The predicted molar refractivity (Wildman–Crippen MR) is 59.0 cm³/mol. The molecule has 0 aromatic carbocycles. The maximum Gasteiger partial charge on any atom is 0.338 e. The first-order valence-corrected chi connectivity index (χ1v) is 5.56. The van der Waals surface area contributed by atoms with Gasteiger partial charge in [-0.05, 0) is 25.0 Å². The van der Waals surface area contributed by atoms with Crippen LogP contribution in [0.1, 0.15) is 40.6 Å². The second-order valence-electron chi connectivity index (χ2n) is 4.32. The van der Waals surface area contributed by atoms with Crippen LogP contribution in [-0.2, 0) is 6.54 Å². The van der Waals surface area contributed by atoms with Crippen molar-refractivity contribution < 1.29 is 14.3 Å². The molecule has 2 aromatic rings. The van der Waals surface area contributed by atoms with E-state index >= 15 is 0 Å². The van der Waals surface area contributed by atoms with E-state index in [1.165, 1.54) is 25.2 Å². The van der Waals surface area contributed by atoms with Crippen LogP contribution in [0, 0.1) is 0 Å². The first kappa shape index (κ1) is 10.1. The minimum atomic E-state index is -0.973. The van der Waals surface area contributed by atoms with Crippen LogP contribution >= 0.6 is 0 Å². The van der Waals surface area contributed by atoms with Gasteiger partial charge < -0.3 is 9.52 Å². The van der Waals surface area contributed by atoms with Gasteiger partial charge in [-0.1, -0.05) is 0 Å². The van der Waals surface area contributed by atoms with Crippen molar-refractivity contribution in [2.45, 2.75) is 25.3 Å². The third-order valence-electron chi connectivity index (χ3n) is 2.88. The van der Waals surface area contributed by atoms with Gasteiger partial charge in [0, 0.05) is 12.1 Å². The Morgan fingerprint density at radius 1 is 1.59 bits per heavy atom. The van der Waals surface area contributed by atoms with E-state index in [0.717, 1.165) is 5.69 Å². The van der Waals surface area contributed by atoms with Crippen LogP contribution in [0.2, 0.25) is 0 Å². The first-order chi connectivity index (χ1) is 8.22. The second-order valence-corrected chi connectivity index (χ2v) is 4.32. The number of aromatic carboxylic acids is 1. The molecular weight excluding hydrogens is 220 g/mol. The van der Waals surface area contributed by atoms with Crippen LogP contribution in [0.15, 0.2) is 29.0 Å². The van der Waals surface area contributed by atoms with Crippen molar-refractivity contribution in [2.75, 3.05) is 0 Å². The van der Waals surface area contributed by atoms with Crippen molar-refractivity contribution in [3.8, 4) is 0 Å². The van der Waals surface area contributed by atoms with Crippen LogP contribution in [0.3, 0.4) is 0 Å². The molecule has 5 heteroatoms. The molecule has 0 atom stereocenters. The monoisotopic (exact) mass is 232 g/mol. The van der Waals surface area contributed by atoms with Gasteiger partial charge in [-0.3, -0.25) is 4.68 Å². The van der Waals surface area contributed by atoms with Gasteiger partial charge in [0.2, 0.25) is 0 Å². The molecule has 0 amide bonds. The Morgan fingerprint density at radius 2 is 2.41 bits per heavy atom. The Kier molecular flexibility index (Phi) is 2.24. The Balaban J connectivity index is 1.73. The Morgan fingerprint density at radius 3 is 3.06 bits per heavy atom. The molecule has 1 saturated carbocycles. The fraction of sp³-hybridized carbons (Fsp3) is 0.333. The van der Waals surface area contributed by atoms with Crippen molar-refractivity contribution >= 4 is 5.97 Å². The fourth-order valence-corrected chi connectivity index (χ4v) is 1.80. The molecular formula is C12H12N2O3. The summed E-state index contributed by atoms with van der Waals surface area (Å²) in [5.74, 6) is 0.259. The molecule has 17 heavy (non-hydrogen) atoms. The third-order valence-corrected chi connectivity index (χ3v) is 2.88. The summed E-state index contributed by atoms with van der Waals surface area (Å²) in [4.78, 5) is 10.7. The highest BCUT2D eigenvalue weighted by Crippen LogP contribution is 2.38. The van der Waals surface area contributed by atoms with E-state index < -0.39 is 5.97 Å². The van der Waals surface area contributed by atoms with E-state index in [1.807, 2.05) is 12.3 Å². The summed E-state index contributed by atoms with van der Waals surface area (Å²) in [5.41, 5.74) is 1.30. The van der Waals surface area contributed by atoms with Gasteiger partial charge in [-0.2, -0.15) is 5.10 Å². The van der Waals surface area contributed by atoms with E-state index in [2.05, 4.69) is 5.10 Å².